The van der Waals surface area contributed by atoms with Gasteiger partial charge in [0.2, 0.25) is 0 Å². The molecule has 88 valence electrons. The first kappa shape index (κ1) is 11.5. The number of pyridine rings is 1. The lowest BCUT2D eigenvalue weighted by Crippen LogP contribution is -2.23. The number of nitrogens with zero attached hydrogens (tertiary/aromatic N) is 1. The summed E-state index contributed by atoms with van der Waals surface area (Å²) in [6.45, 7) is 2.75. The molecule has 0 bridgehead atoms. The fourth-order valence-electron chi connectivity index (χ4n) is 1.79. The van der Waals surface area contributed by atoms with E-state index in [9.17, 15) is 0 Å². The van der Waals surface area contributed by atoms with E-state index in [2.05, 4.69) is 4.98 Å². The Hall–Kier alpha value is -0.970. The Kier molecular flexibility index (Phi) is 4.27. The van der Waals surface area contributed by atoms with Crippen LogP contribution in [0, 0.1) is 0 Å². The van der Waals surface area contributed by atoms with Gasteiger partial charge in [0.15, 0.2) is 0 Å². The normalized spacial score (nSPS) is 17.6. The van der Waals surface area contributed by atoms with Gasteiger partial charge in [-0.1, -0.05) is 0 Å². The predicted octanol–water partition coefficient (Wildman–Crippen LogP) is 1.24. The number of nitrogens with two attached hydrogens (primary N) is 1. The van der Waals surface area contributed by atoms with E-state index in [0.717, 1.165) is 37.3 Å². The highest BCUT2D eigenvalue weighted by Crippen LogP contribution is 2.13. The summed E-state index contributed by atoms with van der Waals surface area (Å²) >= 11 is 0. The van der Waals surface area contributed by atoms with E-state index in [1.165, 1.54) is 0 Å². The van der Waals surface area contributed by atoms with Gasteiger partial charge in [-0.25, -0.2) is 0 Å². The standard InChI is InChI=1S/C12H18N2O2/c13-8-11-7-10(1-4-14-11)9-16-12-2-5-15-6-3-12/h1,4,7,12H,2-3,5-6,8-9,13H2. The van der Waals surface area contributed by atoms with Gasteiger partial charge in [0.05, 0.1) is 18.4 Å². The lowest BCUT2D eigenvalue weighted by Gasteiger charge is -2.22. The molecule has 0 saturated carbocycles. The molecule has 1 aromatic rings. The van der Waals surface area contributed by atoms with Crippen molar-refractivity contribution in [1.82, 2.24) is 4.98 Å². The Morgan fingerprint density at radius 3 is 3.00 bits per heavy atom. The van der Waals surface area contributed by atoms with Crippen LogP contribution in [0.4, 0.5) is 0 Å². The topological polar surface area (TPSA) is 57.4 Å². The predicted molar refractivity (Wildman–Crippen MR) is 60.8 cm³/mol. The van der Waals surface area contributed by atoms with Crippen LogP contribution in [0.5, 0.6) is 0 Å². The zero-order chi connectivity index (χ0) is 11.2. The summed E-state index contributed by atoms with van der Waals surface area (Å²) in [5.41, 5.74) is 7.59. The molecule has 1 aliphatic rings. The van der Waals surface area contributed by atoms with Gasteiger partial charge in [-0.3, -0.25) is 4.98 Å². The largest absolute Gasteiger partial charge is 0.381 e. The van der Waals surface area contributed by atoms with Crippen molar-refractivity contribution in [2.24, 2.45) is 5.73 Å². The molecule has 1 fully saturated rings. The van der Waals surface area contributed by atoms with Gasteiger partial charge in [-0.05, 0) is 30.5 Å². The molecular weight excluding hydrogens is 204 g/mol. The molecule has 2 heterocycles. The molecule has 0 atom stereocenters. The number of hydrogen-bond acceptors (Lipinski definition) is 4. The summed E-state index contributed by atoms with van der Waals surface area (Å²) in [6.07, 6.45) is 4.11. The minimum absolute atomic E-state index is 0.336. The average Bonchev–Trinajstić information content (AvgIpc) is 2.38. The van der Waals surface area contributed by atoms with Crippen LogP contribution in [0.1, 0.15) is 24.1 Å². The summed E-state index contributed by atoms with van der Waals surface area (Å²) in [7, 11) is 0. The SMILES string of the molecule is NCc1cc(COC2CCOCC2)ccn1. The molecule has 1 aromatic heterocycles. The first-order valence-corrected chi connectivity index (χ1v) is 5.71. The molecule has 1 saturated heterocycles. The van der Waals surface area contributed by atoms with E-state index in [0.29, 0.717) is 19.3 Å². The van der Waals surface area contributed by atoms with E-state index in [4.69, 9.17) is 15.2 Å². The Morgan fingerprint density at radius 1 is 1.44 bits per heavy atom. The summed E-state index contributed by atoms with van der Waals surface area (Å²) in [5, 5.41) is 0. The Balaban J connectivity index is 1.83. The first-order chi connectivity index (χ1) is 7.88. The third-order valence-corrected chi connectivity index (χ3v) is 2.74. The van der Waals surface area contributed by atoms with Gasteiger partial charge in [0.25, 0.3) is 0 Å². The minimum Gasteiger partial charge on any atom is -0.381 e. The minimum atomic E-state index is 0.336. The maximum absolute atomic E-state index is 5.82. The molecular formula is C12H18N2O2. The van der Waals surface area contributed by atoms with Crippen LogP contribution in [0.25, 0.3) is 0 Å². The lowest BCUT2D eigenvalue weighted by molar-refractivity contribution is -0.0390. The highest BCUT2D eigenvalue weighted by Gasteiger charge is 2.13. The van der Waals surface area contributed by atoms with Gasteiger partial charge < -0.3 is 15.2 Å². The molecule has 4 heteroatoms. The van der Waals surface area contributed by atoms with Crippen molar-refractivity contribution in [2.75, 3.05) is 13.2 Å². The summed E-state index contributed by atoms with van der Waals surface area (Å²) in [4.78, 5) is 4.15. The highest BCUT2D eigenvalue weighted by molar-refractivity contribution is 5.15. The second-order valence-electron chi connectivity index (χ2n) is 3.98. The maximum atomic E-state index is 5.82. The summed E-state index contributed by atoms with van der Waals surface area (Å²) < 4.78 is 11.1. The van der Waals surface area contributed by atoms with Crippen LogP contribution in [-0.2, 0) is 22.6 Å². The monoisotopic (exact) mass is 222 g/mol. The van der Waals surface area contributed by atoms with E-state index in [1.807, 2.05) is 12.1 Å². The fourth-order valence-corrected chi connectivity index (χ4v) is 1.79. The van der Waals surface area contributed by atoms with Crippen LogP contribution >= 0.6 is 0 Å². The van der Waals surface area contributed by atoms with Crippen LogP contribution in [0.3, 0.4) is 0 Å². The second kappa shape index (κ2) is 5.94. The molecule has 0 aliphatic carbocycles. The fraction of sp³-hybridized carbons (Fsp3) is 0.583. The maximum Gasteiger partial charge on any atom is 0.0721 e. The van der Waals surface area contributed by atoms with Gasteiger partial charge in [0, 0.05) is 26.0 Å². The second-order valence-corrected chi connectivity index (χ2v) is 3.98. The van der Waals surface area contributed by atoms with Crippen molar-refractivity contribution in [3.63, 3.8) is 0 Å². The Morgan fingerprint density at radius 2 is 2.25 bits per heavy atom. The van der Waals surface area contributed by atoms with Crippen LogP contribution in [0.2, 0.25) is 0 Å². The molecule has 0 radical (unpaired) electrons. The summed E-state index contributed by atoms with van der Waals surface area (Å²) in [5.74, 6) is 0. The third-order valence-electron chi connectivity index (χ3n) is 2.74. The molecule has 16 heavy (non-hydrogen) atoms. The Labute approximate surface area is 95.8 Å². The van der Waals surface area contributed by atoms with Gasteiger partial charge >= 0.3 is 0 Å². The zero-order valence-electron chi connectivity index (χ0n) is 9.39. The number of rotatable bonds is 4. The quantitative estimate of drug-likeness (QED) is 0.832. The van der Waals surface area contributed by atoms with Gasteiger partial charge in [-0.2, -0.15) is 0 Å². The number of aromatic nitrogens is 1. The highest BCUT2D eigenvalue weighted by atomic mass is 16.5. The Bertz CT molecular complexity index is 325. The van der Waals surface area contributed by atoms with E-state index in [-0.39, 0.29) is 0 Å². The van der Waals surface area contributed by atoms with Crippen molar-refractivity contribution in [2.45, 2.75) is 32.1 Å². The van der Waals surface area contributed by atoms with E-state index < -0.39 is 0 Å². The molecule has 2 N–H and O–H groups in total. The molecule has 0 aromatic carbocycles. The molecule has 4 nitrogen and oxygen atoms in total. The molecule has 0 unspecified atom stereocenters. The van der Waals surface area contributed by atoms with Crippen LogP contribution in [0.15, 0.2) is 18.3 Å². The zero-order valence-corrected chi connectivity index (χ0v) is 9.39. The van der Waals surface area contributed by atoms with Crippen molar-refractivity contribution in [3.8, 4) is 0 Å². The smallest absolute Gasteiger partial charge is 0.0721 e. The number of hydrogen-bond donors (Lipinski definition) is 1. The molecule has 0 spiro atoms. The van der Waals surface area contributed by atoms with Crippen molar-refractivity contribution in [3.05, 3.63) is 29.6 Å². The van der Waals surface area contributed by atoms with Crippen LogP contribution < -0.4 is 5.73 Å². The lowest BCUT2D eigenvalue weighted by atomic mass is 10.1. The summed E-state index contributed by atoms with van der Waals surface area (Å²) in [6, 6.07) is 3.97. The third kappa shape index (κ3) is 3.27. The molecule has 0 amide bonds. The number of ether oxygens (including phenoxy) is 2. The van der Waals surface area contributed by atoms with Gasteiger partial charge in [0.1, 0.15) is 0 Å². The average molecular weight is 222 g/mol. The van der Waals surface area contributed by atoms with E-state index in [1.54, 1.807) is 6.20 Å². The van der Waals surface area contributed by atoms with Crippen molar-refractivity contribution >= 4 is 0 Å². The molecule has 1 aliphatic heterocycles. The molecule has 2 rings (SSSR count). The van der Waals surface area contributed by atoms with Gasteiger partial charge in [-0.15, -0.1) is 0 Å². The first-order valence-electron chi connectivity index (χ1n) is 5.71. The van der Waals surface area contributed by atoms with Crippen LogP contribution in [-0.4, -0.2) is 24.3 Å². The van der Waals surface area contributed by atoms with Crippen molar-refractivity contribution < 1.29 is 9.47 Å². The van der Waals surface area contributed by atoms with E-state index >= 15 is 0 Å². The van der Waals surface area contributed by atoms with Crippen molar-refractivity contribution in [1.29, 1.82) is 0 Å².